The van der Waals surface area contributed by atoms with E-state index in [2.05, 4.69) is 0 Å². The van der Waals surface area contributed by atoms with Gasteiger partial charge in [-0.05, 0) is 25.0 Å². The molecule has 0 aromatic heterocycles. The van der Waals surface area contributed by atoms with E-state index in [1.165, 1.54) is 12.0 Å². The van der Waals surface area contributed by atoms with Crippen molar-refractivity contribution in [3.05, 3.63) is 34.9 Å². The second-order valence-electron chi connectivity index (χ2n) is 4.84. The molecule has 0 N–H and O–H groups in total. The summed E-state index contributed by atoms with van der Waals surface area (Å²) in [5.74, 6) is -0.412. The molecule has 1 aliphatic heterocycles. The molecule has 0 saturated carbocycles. The van der Waals surface area contributed by atoms with Gasteiger partial charge in [0.05, 0.1) is 20.3 Å². The first-order chi connectivity index (χ1) is 9.56. The van der Waals surface area contributed by atoms with Crippen LogP contribution in [0.25, 0.3) is 0 Å². The standard InChI is InChI=1S/C15H19NO4/c1-4-20-15(18)16-9-11-6-5-10(2)7-12(11)8-13(16)14(17)19-3/h5-7,13H,4,8-9H2,1-3H3/t13-/m1/s1. The number of benzene rings is 1. The summed E-state index contributed by atoms with van der Waals surface area (Å²) in [6.07, 6.45) is -0.0168. The van der Waals surface area contributed by atoms with Gasteiger partial charge in [-0.1, -0.05) is 23.8 Å². The van der Waals surface area contributed by atoms with Crippen LogP contribution < -0.4 is 0 Å². The van der Waals surface area contributed by atoms with E-state index in [9.17, 15) is 9.59 Å². The van der Waals surface area contributed by atoms with E-state index in [1.54, 1.807) is 6.92 Å². The number of esters is 1. The Kier molecular flexibility index (Phi) is 4.27. The maximum absolute atomic E-state index is 12.0. The van der Waals surface area contributed by atoms with Gasteiger partial charge in [-0.25, -0.2) is 9.59 Å². The van der Waals surface area contributed by atoms with Crippen LogP contribution in [0.4, 0.5) is 4.79 Å². The number of hydrogen-bond donors (Lipinski definition) is 0. The summed E-state index contributed by atoms with van der Waals surface area (Å²) in [6.45, 7) is 4.40. The molecule has 0 fully saturated rings. The first-order valence-corrected chi connectivity index (χ1v) is 6.66. The zero-order valence-electron chi connectivity index (χ0n) is 12.0. The number of amides is 1. The van der Waals surface area contributed by atoms with Gasteiger partial charge in [0, 0.05) is 6.42 Å². The van der Waals surface area contributed by atoms with Gasteiger partial charge in [0.1, 0.15) is 6.04 Å². The molecule has 0 unspecified atom stereocenters. The number of hydrogen-bond acceptors (Lipinski definition) is 4. The monoisotopic (exact) mass is 277 g/mol. The molecular formula is C15H19NO4. The van der Waals surface area contributed by atoms with Crippen LogP contribution in [0, 0.1) is 6.92 Å². The Balaban J connectivity index is 2.32. The van der Waals surface area contributed by atoms with Crippen molar-refractivity contribution in [2.24, 2.45) is 0 Å². The highest BCUT2D eigenvalue weighted by molar-refractivity contribution is 5.82. The van der Waals surface area contributed by atoms with Crippen LogP contribution in [-0.2, 0) is 27.2 Å². The van der Waals surface area contributed by atoms with Crippen LogP contribution in [0.3, 0.4) is 0 Å². The molecular weight excluding hydrogens is 258 g/mol. The summed E-state index contributed by atoms with van der Waals surface area (Å²) in [5, 5.41) is 0. The summed E-state index contributed by atoms with van der Waals surface area (Å²) >= 11 is 0. The second-order valence-corrected chi connectivity index (χ2v) is 4.84. The third-order valence-electron chi connectivity index (χ3n) is 3.47. The smallest absolute Gasteiger partial charge is 0.410 e. The van der Waals surface area contributed by atoms with Crippen LogP contribution in [0.15, 0.2) is 18.2 Å². The van der Waals surface area contributed by atoms with Gasteiger partial charge in [0.2, 0.25) is 0 Å². The zero-order valence-corrected chi connectivity index (χ0v) is 12.0. The molecule has 1 amide bonds. The topological polar surface area (TPSA) is 55.8 Å². The van der Waals surface area contributed by atoms with Crippen molar-refractivity contribution in [2.75, 3.05) is 13.7 Å². The van der Waals surface area contributed by atoms with Gasteiger partial charge in [0.15, 0.2) is 0 Å². The Morgan fingerprint density at radius 1 is 1.35 bits per heavy atom. The predicted molar refractivity (Wildman–Crippen MR) is 73.3 cm³/mol. The van der Waals surface area contributed by atoms with E-state index in [1.807, 2.05) is 25.1 Å². The highest BCUT2D eigenvalue weighted by Crippen LogP contribution is 2.25. The maximum Gasteiger partial charge on any atom is 0.410 e. The average Bonchev–Trinajstić information content (AvgIpc) is 2.45. The third-order valence-corrected chi connectivity index (χ3v) is 3.47. The molecule has 5 nitrogen and oxygen atoms in total. The van der Waals surface area contributed by atoms with Gasteiger partial charge in [-0.15, -0.1) is 0 Å². The predicted octanol–water partition coefficient (Wildman–Crippen LogP) is 2.05. The summed E-state index contributed by atoms with van der Waals surface area (Å²) in [4.78, 5) is 25.3. The van der Waals surface area contributed by atoms with E-state index in [0.29, 0.717) is 13.0 Å². The van der Waals surface area contributed by atoms with Crippen LogP contribution in [-0.4, -0.2) is 36.7 Å². The van der Waals surface area contributed by atoms with Crippen LogP contribution in [0.2, 0.25) is 0 Å². The lowest BCUT2D eigenvalue weighted by Gasteiger charge is -2.34. The highest BCUT2D eigenvalue weighted by Gasteiger charge is 2.36. The summed E-state index contributed by atoms with van der Waals surface area (Å²) in [6, 6.07) is 5.42. The molecule has 0 bridgehead atoms. The van der Waals surface area contributed by atoms with E-state index in [4.69, 9.17) is 9.47 Å². The molecule has 2 rings (SSSR count). The van der Waals surface area contributed by atoms with E-state index >= 15 is 0 Å². The Morgan fingerprint density at radius 2 is 2.10 bits per heavy atom. The maximum atomic E-state index is 12.0. The first-order valence-electron chi connectivity index (χ1n) is 6.66. The Labute approximate surface area is 118 Å². The van der Waals surface area contributed by atoms with Crippen molar-refractivity contribution in [3.8, 4) is 0 Å². The number of fused-ring (bicyclic) bond motifs is 1. The van der Waals surface area contributed by atoms with Crippen molar-refractivity contribution in [2.45, 2.75) is 32.9 Å². The number of methoxy groups -OCH3 is 1. The molecule has 0 spiro atoms. The van der Waals surface area contributed by atoms with Gasteiger partial charge in [-0.2, -0.15) is 0 Å². The minimum absolute atomic E-state index is 0.282. The highest BCUT2D eigenvalue weighted by atomic mass is 16.6. The largest absolute Gasteiger partial charge is 0.467 e. The number of ether oxygens (including phenoxy) is 2. The normalized spacial score (nSPS) is 17.4. The fourth-order valence-electron chi connectivity index (χ4n) is 2.46. The summed E-state index contributed by atoms with van der Waals surface area (Å²) < 4.78 is 9.83. The SMILES string of the molecule is CCOC(=O)N1Cc2ccc(C)cc2C[C@@H]1C(=O)OC. The molecule has 20 heavy (non-hydrogen) atoms. The molecule has 1 atom stereocenters. The fraction of sp³-hybridized carbons (Fsp3) is 0.467. The lowest BCUT2D eigenvalue weighted by atomic mass is 9.93. The minimum Gasteiger partial charge on any atom is -0.467 e. The van der Waals surface area contributed by atoms with Crippen LogP contribution in [0.5, 0.6) is 0 Å². The number of rotatable bonds is 2. The number of nitrogens with zero attached hydrogens (tertiary/aromatic N) is 1. The first kappa shape index (κ1) is 14.4. The number of carbonyl (C=O) groups is 2. The Morgan fingerprint density at radius 3 is 2.75 bits per heavy atom. The van der Waals surface area contributed by atoms with Crippen LogP contribution in [0.1, 0.15) is 23.6 Å². The summed E-state index contributed by atoms with van der Waals surface area (Å²) in [5.41, 5.74) is 3.27. The van der Waals surface area contributed by atoms with Crippen molar-refractivity contribution in [1.82, 2.24) is 4.90 Å². The van der Waals surface area contributed by atoms with Crippen molar-refractivity contribution in [3.63, 3.8) is 0 Å². The Bertz CT molecular complexity index is 527. The lowest BCUT2D eigenvalue weighted by Crippen LogP contribution is -2.49. The molecule has 1 aromatic carbocycles. The molecule has 0 aliphatic carbocycles. The number of aryl methyl sites for hydroxylation is 1. The van der Waals surface area contributed by atoms with Crippen molar-refractivity contribution < 1.29 is 19.1 Å². The Hall–Kier alpha value is -2.04. The van der Waals surface area contributed by atoms with E-state index < -0.39 is 18.1 Å². The second kappa shape index (κ2) is 5.94. The van der Waals surface area contributed by atoms with E-state index in [-0.39, 0.29) is 6.61 Å². The summed E-state index contributed by atoms with van der Waals surface area (Å²) in [7, 11) is 1.33. The molecule has 1 aliphatic rings. The quantitative estimate of drug-likeness (QED) is 0.776. The average molecular weight is 277 g/mol. The molecule has 5 heteroatoms. The molecule has 0 radical (unpaired) electrons. The third kappa shape index (κ3) is 2.76. The van der Waals surface area contributed by atoms with Gasteiger partial charge < -0.3 is 9.47 Å². The molecule has 108 valence electrons. The van der Waals surface area contributed by atoms with Gasteiger partial charge >= 0.3 is 12.1 Å². The van der Waals surface area contributed by atoms with Crippen molar-refractivity contribution >= 4 is 12.1 Å². The number of carbonyl (C=O) groups excluding carboxylic acids is 2. The van der Waals surface area contributed by atoms with Crippen molar-refractivity contribution in [1.29, 1.82) is 0 Å². The fourth-order valence-corrected chi connectivity index (χ4v) is 2.46. The van der Waals surface area contributed by atoms with Gasteiger partial charge in [-0.3, -0.25) is 4.90 Å². The molecule has 1 aromatic rings. The van der Waals surface area contributed by atoms with Gasteiger partial charge in [0.25, 0.3) is 0 Å². The minimum atomic E-state index is -0.617. The van der Waals surface area contributed by atoms with E-state index in [0.717, 1.165) is 16.7 Å². The molecule has 0 saturated heterocycles. The lowest BCUT2D eigenvalue weighted by molar-refractivity contribution is -0.147. The van der Waals surface area contributed by atoms with Crippen LogP contribution >= 0.6 is 0 Å². The zero-order chi connectivity index (χ0) is 14.7. The molecule has 1 heterocycles.